The number of nitrogens with one attached hydrogen (secondary N) is 2. The van der Waals surface area contributed by atoms with Crippen molar-refractivity contribution < 1.29 is 23.5 Å². The molecule has 0 aromatic heterocycles. The molecule has 0 unspecified atom stereocenters. The second-order valence-corrected chi connectivity index (χ2v) is 7.95. The average Bonchev–Trinajstić information content (AvgIpc) is 2.92. The third-order valence-corrected chi connectivity index (χ3v) is 5.65. The van der Waals surface area contributed by atoms with E-state index in [1.165, 1.54) is 12.1 Å². The molecule has 1 spiro atoms. The van der Waals surface area contributed by atoms with E-state index in [1.807, 2.05) is 0 Å². The maximum absolute atomic E-state index is 12.8. The Morgan fingerprint density at radius 1 is 1.24 bits per heavy atom. The number of hydrogen-bond acceptors (Lipinski definition) is 4. The van der Waals surface area contributed by atoms with Gasteiger partial charge in [-0.15, -0.1) is 0 Å². The molecular weight excluding hydrogens is 377 g/mol. The highest BCUT2D eigenvalue weighted by Crippen LogP contribution is 2.36. The normalized spacial score (nSPS) is 23.9. The number of imide groups is 1. The Kier molecular flexibility index (Phi) is 6.71. The zero-order chi connectivity index (χ0) is 20.9. The summed E-state index contributed by atoms with van der Waals surface area (Å²) < 4.78 is 18.3. The summed E-state index contributed by atoms with van der Waals surface area (Å²) in [7, 11) is 0. The standard InChI is InChI=1S/C21H28FN3O4/c1-15-8-10-21(11-9-15)19(27)25(20(28)24-21)14-18(26)23-12-2-3-13-29-17-6-4-16(22)5-7-17/h4-7,15H,2-3,8-14H2,1H3,(H,23,26)(H,24,28). The van der Waals surface area contributed by atoms with Crippen LogP contribution in [-0.4, -0.2) is 48.0 Å². The van der Waals surface area contributed by atoms with E-state index in [2.05, 4.69) is 17.6 Å². The molecule has 0 radical (unpaired) electrons. The van der Waals surface area contributed by atoms with Crippen LogP contribution in [0.5, 0.6) is 5.75 Å². The highest BCUT2D eigenvalue weighted by atomic mass is 19.1. The van der Waals surface area contributed by atoms with Crippen LogP contribution in [0, 0.1) is 11.7 Å². The largest absolute Gasteiger partial charge is 0.494 e. The zero-order valence-corrected chi connectivity index (χ0v) is 16.7. The number of nitrogens with zero attached hydrogens (tertiary/aromatic N) is 1. The van der Waals surface area contributed by atoms with E-state index in [9.17, 15) is 18.8 Å². The number of rotatable bonds is 8. The molecule has 2 fully saturated rings. The Hall–Kier alpha value is -2.64. The van der Waals surface area contributed by atoms with E-state index >= 15 is 0 Å². The minimum absolute atomic E-state index is 0.256. The van der Waals surface area contributed by atoms with Crippen LogP contribution in [0.1, 0.15) is 45.4 Å². The summed E-state index contributed by atoms with van der Waals surface area (Å²) in [5.74, 6) is 0.204. The Bertz CT molecular complexity index is 745. The van der Waals surface area contributed by atoms with Gasteiger partial charge in [0.05, 0.1) is 6.61 Å². The molecule has 1 aliphatic heterocycles. The first-order valence-corrected chi connectivity index (χ1v) is 10.2. The Morgan fingerprint density at radius 2 is 1.93 bits per heavy atom. The smallest absolute Gasteiger partial charge is 0.325 e. The number of benzene rings is 1. The van der Waals surface area contributed by atoms with Crippen molar-refractivity contribution in [3.63, 3.8) is 0 Å². The van der Waals surface area contributed by atoms with E-state index < -0.39 is 11.6 Å². The summed E-state index contributed by atoms with van der Waals surface area (Å²) in [4.78, 5) is 38.1. The topological polar surface area (TPSA) is 87.7 Å². The second kappa shape index (κ2) is 9.24. The Balaban J connectivity index is 1.34. The number of hydrogen-bond donors (Lipinski definition) is 2. The molecule has 1 aliphatic carbocycles. The van der Waals surface area contributed by atoms with E-state index in [4.69, 9.17) is 4.74 Å². The zero-order valence-electron chi connectivity index (χ0n) is 16.7. The van der Waals surface area contributed by atoms with Gasteiger partial charge in [-0.1, -0.05) is 6.92 Å². The van der Waals surface area contributed by atoms with E-state index in [0.717, 1.165) is 17.7 Å². The summed E-state index contributed by atoms with van der Waals surface area (Å²) in [6, 6.07) is 5.32. The van der Waals surface area contributed by atoms with Crippen molar-refractivity contribution in [2.75, 3.05) is 19.7 Å². The van der Waals surface area contributed by atoms with Gasteiger partial charge in [0.2, 0.25) is 5.91 Å². The summed E-state index contributed by atoms with van der Waals surface area (Å²) in [5.41, 5.74) is -0.818. The molecule has 2 aliphatic rings. The average molecular weight is 405 g/mol. The SMILES string of the molecule is CC1CCC2(CC1)NC(=O)N(CC(=O)NCCCCOc1ccc(F)cc1)C2=O. The van der Waals surface area contributed by atoms with Crippen molar-refractivity contribution in [3.05, 3.63) is 30.1 Å². The van der Waals surface area contributed by atoms with Gasteiger partial charge in [-0.05, 0) is 68.7 Å². The van der Waals surface area contributed by atoms with Crippen LogP contribution < -0.4 is 15.4 Å². The van der Waals surface area contributed by atoms with Crippen LogP contribution in [-0.2, 0) is 9.59 Å². The minimum atomic E-state index is -0.818. The van der Waals surface area contributed by atoms with Crippen LogP contribution in [0.4, 0.5) is 9.18 Å². The van der Waals surface area contributed by atoms with Crippen molar-refractivity contribution in [2.24, 2.45) is 5.92 Å². The van der Waals surface area contributed by atoms with Gasteiger partial charge < -0.3 is 15.4 Å². The maximum atomic E-state index is 12.8. The molecule has 1 saturated carbocycles. The number of ether oxygens (including phenoxy) is 1. The van der Waals surface area contributed by atoms with E-state index in [0.29, 0.717) is 50.5 Å². The Labute approximate surface area is 170 Å². The number of amides is 4. The molecule has 1 aromatic rings. The lowest BCUT2D eigenvalue weighted by Crippen LogP contribution is -2.49. The lowest BCUT2D eigenvalue weighted by atomic mass is 9.77. The van der Waals surface area contributed by atoms with Gasteiger partial charge in [0.25, 0.3) is 5.91 Å². The van der Waals surface area contributed by atoms with Gasteiger partial charge in [0, 0.05) is 6.54 Å². The fourth-order valence-corrected chi connectivity index (χ4v) is 3.79. The molecule has 7 nitrogen and oxygen atoms in total. The molecule has 158 valence electrons. The van der Waals surface area contributed by atoms with Crippen LogP contribution in [0.3, 0.4) is 0 Å². The van der Waals surface area contributed by atoms with Gasteiger partial charge in [0.1, 0.15) is 23.7 Å². The summed E-state index contributed by atoms with van der Waals surface area (Å²) in [6.45, 7) is 2.77. The summed E-state index contributed by atoms with van der Waals surface area (Å²) >= 11 is 0. The number of halogens is 1. The van der Waals surface area contributed by atoms with Crippen LogP contribution >= 0.6 is 0 Å². The fraction of sp³-hybridized carbons (Fsp3) is 0.571. The highest BCUT2D eigenvalue weighted by molar-refractivity contribution is 6.09. The molecule has 0 bridgehead atoms. The highest BCUT2D eigenvalue weighted by Gasteiger charge is 2.52. The maximum Gasteiger partial charge on any atom is 0.325 e. The Morgan fingerprint density at radius 3 is 2.62 bits per heavy atom. The molecule has 3 rings (SSSR count). The quantitative estimate of drug-likeness (QED) is 0.514. The molecule has 8 heteroatoms. The number of carbonyl (C=O) groups is 3. The van der Waals surface area contributed by atoms with Crippen molar-refractivity contribution >= 4 is 17.8 Å². The second-order valence-electron chi connectivity index (χ2n) is 7.95. The lowest BCUT2D eigenvalue weighted by molar-refractivity contribution is -0.136. The van der Waals surface area contributed by atoms with Crippen molar-refractivity contribution in [1.82, 2.24) is 15.5 Å². The number of carbonyl (C=O) groups excluding carboxylic acids is 3. The molecule has 4 amide bonds. The van der Waals surface area contributed by atoms with Crippen LogP contribution in [0.2, 0.25) is 0 Å². The molecule has 0 atom stereocenters. The summed E-state index contributed by atoms with van der Waals surface area (Å²) in [5, 5.41) is 5.55. The monoisotopic (exact) mass is 405 g/mol. The minimum Gasteiger partial charge on any atom is -0.494 e. The van der Waals surface area contributed by atoms with Crippen molar-refractivity contribution in [1.29, 1.82) is 0 Å². The first kappa shape index (κ1) is 21.1. The van der Waals surface area contributed by atoms with Gasteiger partial charge >= 0.3 is 6.03 Å². The van der Waals surface area contributed by atoms with E-state index in [-0.39, 0.29) is 24.2 Å². The van der Waals surface area contributed by atoms with E-state index in [1.54, 1.807) is 12.1 Å². The van der Waals surface area contributed by atoms with Gasteiger partial charge in [-0.3, -0.25) is 14.5 Å². The first-order valence-electron chi connectivity index (χ1n) is 10.2. The molecular formula is C21H28FN3O4. The predicted octanol–water partition coefficient (Wildman–Crippen LogP) is 2.60. The first-order chi connectivity index (χ1) is 13.9. The van der Waals surface area contributed by atoms with Gasteiger partial charge in [0.15, 0.2) is 0 Å². The third kappa shape index (κ3) is 5.25. The van der Waals surface area contributed by atoms with Gasteiger partial charge in [-0.2, -0.15) is 0 Å². The van der Waals surface area contributed by atoms with Gasteiger partial charge in [-0.25, -0.2) is 9.18 Å². The fourth-order valence-electron chi connectivity index (χ4n) is 3.79. The van der Waals surface area contributed by atoms with Crippen molar-refractivity contribution in [3.8, 4) is 5.75 Å². The van der Waals surface area contributed by atoms with Crippen molar-refractivity contribution in [2.45, 2.75) is 51.0 Å². The van der Waals surface area contributed by atoms with Crippen LogP contribution in [0.25, 0.3) is 0 Å². The lowest BCUT2D eigenvalue weighted by Gasteiger charge is -2.33. The molecule has 2 N–H and O–H groups in total. The molecule has 1 aromatic carbocycles. The number of unbranched alkanes of at least 4 members (excludes halogenated alkanes) is 1. The molecule has 29 heavy (non-hydrogen) atoms. The number of urea groups is 1. The third-order valence-electron chi connectivity index (χ3n) is 5.65. The van der Waals surface area contributed by atoms with Crippen LogP contribution in [0.15, 0.2) is 24.3 Å². The summed E-state index contributed by atoms with van der Waals surface area (Å²) in [6.07, 6.45) is 4.45. The molecule has 1 heterocycles. The predicted molar refractivity (Wildman–Crippen MR) is 105 cm³/mol. The molecule has 1 saturated heterocycles.